The Morgan fingerprint density at radius 3 is 2.70 bits per heavy atom. The van der Waals surface area contributed by atoms with E-state index in [2.05, 4.69) is 70.7 Å². The van der Waals surface area contributed by atoms with Crippen molar-refractivity contribution in [3.63, 3.8) is 0 Å². The van der Waals surface area contributed by atoms with Gasteiger partial charge >= 0.3 is 0 Å². The Hall–Kier alpha value is -0.0300. The van der Waals surface area contributed by atoms with Crippen molar-refractivity contribution in [3.05, 3.63) is 34.3 Å². The fourth-order valence-electron chi connectivity index (χ4n) is 2.48. The van der Waals surface area contributed by atoms with Crippen molar-refractivity contribution in [2.75, 3.05) is 25.4 Å². The Kier molecular flexibility index (Phi) is 5.96. The van der Waals surface area contributed by atoms with E-state index in [1.807, 2.05) is 0 Å². The van der Waals surface area contributed by atoms with E-state index in [0.29, 0.717) is 4.75 Å². The zero-order chi connectivity index (χ0) is 14.6. The molecule has 1 aliphatic heterocycles. The third-order valence-corrected chi connectivity index (χ3v) is 5.89. The highest BCUT2D eigenvalue weighted by molar-refractivity contribution is 9.10. The Bertz CT molecular complexity index is 419. The normalized spacial score (nSPS) is 21.4. The summed E-state index contributed by atoms with van der Waals surface area (Å²) in [5.74, 6) is 1.24. The third kappa shape index (κ3) is 5.06. The topological polar surface area (TPSA) is 29.3 Å². The SMILES string of the molecule is CC1(C)CCN(CCC(N)c2ccc(Br)cc2)CCS1. The molecule has 1 fully saturated rings. The molecule has 0 spiro atoms. The molecule has 1 heterocycles. The molecule has 1 aliphatic rings. The largest absolute Gasteiger partial charge is 0.324 e. The van der Waals surface area contributed by atoms with Crippen molar-refractivity contribution in [2.24, 2.45) is 5.73 Å². The van der Waals surface area contributed by atoms with Crippen LogP contribution in [0.2, 0.25) is 0 Å². The quantitative estimate of drug-likeness (QED) is 0.881. The number of nitrogens with two attached hydrogens (primary N) is 1. The van der Waals surface area contributed by atoms with Crippen LogP contribution in [0.3, 0.4) is 0 Å². The van der Waals surface area contributed by atoms with Crippen LogP contribution in [-0.4, -0.2) is 35.0 Å². The Balaban J connectivity index is 1.81. The minimum atomic E-state index is 0.145. The average molecular weight is 357 g/mol. The van der Waals surface area contributed by atoms with Gasteiger partial charge in [-0.05, 0) is 43.6 Å². The van der Waals surface area contributed by atoms with Gasteiger partial charge in [0, 0.05) is 27.6 Å². The summed E-state index contributed by atoms with van der Waals surface area (Å²) in [6.45, 7) is 8.21. The van der Waals surface area contributed by atoms with Gasteiger partial charge in [-0.3, -0.25) is 0 Å². The van der Waals surface area contributed by atoms with Gasteiger partial charge in [-0.1, -0.05) is 41.9 Å². The highest BCUT2D eigenvalue weighted by Gasteiger charge is 2.23. The number of nitrogens with zero attached hydrogens (tertiary/aromatic N) is 1. The van der Waals surface area contributed by atoms with Crippen molar-refractivity contribution >= 4 is 27.7 Å². The van der Waals surface area contributed by atoms with Crippen molar-refractivity contribution < 1.29 is 0 Å². The average Bonchev–Trinajstić information content (AvgIpc) is 2.58. The Morgan fingerprint density at radius 1 is 1.30 bits per heavy atom. The van der Waals surface area contributed by atoms with Gasteiger partial charge in [0.05, 0.1) is 0 Å². The van der Waals surface area contributed by atoms with Crippen LogP contribution >= 0.6 is 27.7 Å². The van der Waals surface area contributed by atoms with Gasteiger partial charge in [-0.2, -0.15) is 11.8 Å². The molecule has 1 saturated heterocycles. The molecular formula is C16H25BrN2S. The molecule has 0 bridgehead atoms. The highest BCUT2D eigenvalue weighted by Crippen LogP contribution is 2.30. The van der Waals surface area contributed by atoms with Gasteiger partial charge in [0.25, 0.3) is 0 Å². The van der Waals surface area contributed by atoms with E-state index in [-0.39, 0.29) is 6.04 Å². The summed E-state index contributed by atoms with van der Waals surface area (Å²) < 4.78 is 1.54. The maximum Gasteiger partial charge on any atom is 0.0307 e. The molecule has 0 amide bonds. The van der Waals surface area contributed by atoms with E-state index in [0.717, 1.165) is 17.4 Å². The minimum Gasteiger partial charge on any atom is -0.324 e. The summed E-state index contributed by atoms with van der Waals surface area (Å²) in [6.07, 6.45) is 2.30. The molecule has 1 aromatic carbocycles. The molecule has 0 aromatic heterocycles. The molecule has 0 aliphatic carbocycles. The molecular weight excluding hydrogens is 332 g/mol. The van der Waals surface area contributed by atoms with E-state index in [9.17, 15) is 0 Å². The van der Waals surface area contributed by atoms with E-state index < -0.39 is 0 Å². The van der Waals surface area contributed by atoms with Gasteiger partial charge < -0.3 is 10.6 Å². The van der Waals surface area contributed by atoms with Crippen LogP contribution in [0.1, 0.15) is 38.3 Å². The zero-order valence-corrected chi connectivity index (χ0v) is 14.8. The second-order valence-corrected chi connectivity index (χ2v) is 8.86. The smallest absolute Gasteiger partial charge is 0.0307 e. The summed E-state index contributed by atoms with van der Waals surface area (Å²) in [5.41, 5.74) is 7.54. The molecule has 2 N–H and O–H groups in total. The summed E-state index contributed by atoms with van der Waals surface area (Å²) in [4.78, 5) is 2.57. The van der Waals surface area contributed by atoms with Crippen molar-refractivity contribution in [1.82, 2.24) is 4.90 Å². The number of halogens is 1. The molecule has 112 valence electrons. The van der Waals surface area contributed by atoms with Crippen molar-refractivity contribution in [2.45, 2.75) is 37.5 Å². The maximum atomic E-state index is 6.31. The first-order valence-corrected chi connectivity index (χ1v) is 9.11. The molecule has 0 radical (unpaired) electrons. The van der Waals surface area contributed by atoms with Gasteiger partial charge in [0.1, 0.15) is 0 Å². The van der Waals surface area contributed by atoms with Crippen LogP contribution in [0.4, 0.5) is 0 Å². The van der Waals surface area contributed by atoms with E-state index in [4.69, 9.17) is 5.73 Å². The van der Waals surface area contributed by atoms with E-state index >= 15 is 0 Å². The van der Waals surface area contributed by atoms with E-state index in [1.165, 1.54) is 30.8 Å². The Morgan fingerprint density at radius 2 is 2.00 bits per heavy atom. The number of benzene rings is 1. The summed E-state index contributed by atoms with van der Waals surface area (Å²) in [6, 6.07) is 8.53. The molecule has 0 saturated carbocycles. The lowest BCUT2D eigenvalue weighted by Gasteiger charge is -2.23. The number of rotatable bonds is 4. The first-order chi connectivity index (χ1) is 9.46. The van der Waals surface area contributed by atoms with E-state index in [1.54, 1.807) is 0 Å². The predicted molar refractivity (Wildman–Crippen MR) is 93.3 cm³/mol. The molecule has 2 rings (SSSR count). The molecule has 1 aromatic rings. The fourth-order valence-corrected chi connectivity index (χ4v) is 3.89. The summed E-state index contributed by atoms with van der Waals surface area (Å²) in [7, 11) is 0. The number of thioether (sulfide) groups is 1. The molecule has 4 heteroatoms. The molecule has 2 nitrogen and oxygen atoms in total. The highest BCUT2D eigenvalue weighted by atomic mass is 79.9. The second kappa shape index (κ2) is 7.30. The predicted octanol–water partition coefficient (Wildman–Crippen LogP) is 4.06. The lowest BCUT2D eigenvalue weighted by Crippen LogP contribution is -2.30. The van der Waals surface area contributed by atoms with Crippen molar-refractivity contribution in [1.29, 1.82) is 0 Å². The summed E-state index contributed by atoms with van der Waals surface area (Å²) >= 11 is 5.56. The minimum absolute atomic E-state index is 0.145. The number of hydrogen-bond acceptors (Lipinski definition) is 3. The molecule has 20 heavy (non-hydrogen) atoms. The molecule has 1 unspecified atom stereocenters. The fraction of sp³-hybridized carbons (Fsp3) is 0.625. The zero-order valence-electron chi connectivity index (χ0n) is 12.4. The molecule has 1 atom stereocenters. The van der Waals surface area contributed by atoms with Crippen molar-refractivity contribution in [3.8, 4) is 0 Å². The first-order valence-electron chi connectivity index (χ1n) is 7.34. The third-order valence-electron chi connectivity index (χ3n) is 3.98. The van der Waals surface area contributed by atoms with Gasteiger partial charge in [0.15, 0.2) is 0 Å². The number of hydrogen-bond donors (Lipinski definition) is 1. The van der Waals surface area contributed by atoms with Gasteiger partial charge in [-0.15, -0.1) is 0 Å². The van der Waals surface area contributed by atoms with Crippen LogP contribution < -0.4 is 5.73 Å². The maximum absolute atomic E-state index is 6.31. The lowest BCUT2D eigenvalue weighted by atomic mass is 10.0. The van der Waals surface area contributed by atoms with Crippen LogP contribution in [-0.2, 0) is 0 Å². The Labute approximate surface area is 135 Å². The first kappa shape index (κ1) is 16.3. The monoisotopic (exact) mass is 356 g/mol. The standard InChI is InChI=1S/C16H25BrN2S/c1-16(2)8-10-19(11-12-20-16)9-7-15(18)13-3-5-14(17)6-4-13/h3-6,15H,7-12,18H2,1-2H3. The van der Waals surface area contributed by atoms with Crippen LogP contribution in [0.25, 0.3) is 0 Å². The van der Waals surface area contributed by atoms with Gasteiger partial charge in [0.2, 0.25) is 0 Å². The van der Waals surface area contributed by atoms with Gasteiger partial charge in [-0.25, -0.2) is 0 Å². The second-order valence-electron chi connectivity index (χ2n) is 6.15. The van der Waals surface area contributed by atoms with Crippen LogP contribution in [0.5, 0.6) is 0 Å². The lowest BCUT2D eigenvalue weighted by molar-refractivity contribution is 0.273. The van der Waals surface area contributed by atoms with Crippen LogP contribution in [0.15, 0.2) is 28.7 Å². The summed E-state index contributed by atoms with van der Waals surface area (Å²) in [5, 5.41) is 0. The van der Waals surface area contributed by atoms with Crippen LogP contribution in [0, 0.1) is 0 Å².